The highest BCUT2D eigenvalue weighted by Crippen LogP contribution is 2.31. The average Bonchev–Trinajstić information content (AvgIpc) is 3.02. The van der Waals surface area contributed by atoms with Crippen LogP contribution in [0, 0.1) is 30.9 Å². The fraction of sp³-hybridized carbons (Fsp3) is 0.143. The maximum Gasteiger partial charge on any atom is 0.269 e. The van der Waals surface area contributed by atoms with Gasteiger partial charge in [-0.2, -0.15) is 0 Å². The van der Waals surface area contributed by atoms with Gasteiger partial charge in [0.1, 0.15) is 0 Å². The number of nitrogens with one attached hydrogen (secondary N) is 1. The van der Waals surface area contributed by atoms with Crippen LogP contribution in [0.2, 0.25) is 0 Å². The quantitative estimate of drug-likeness (QED) is 0.362. The molecule has 1 amide bonds. The van der Waals surface area contributed by atoms with Gasteiger partial charge in [-0.15, -0.1) is 11.3 Å². The molecule has 1 aromatic heterocycles. The van der Waals surface area contributed by atoms with Gasteiger partial charge in [-0.1, -0.05) is 12.1 Å². The zero-order chi connectivity index (χ0) is 20.3. The molecule has 1 N–H and O–H groups in total. The summed E-state index contributed by atoms with van der Waals surface area (Å²) in [6, 6.07) is 12.2. The van der Waals surface area contributed by atoms with Crippen molar-refractivity contribution in [3.8, 4) is 11.3 Å². The van der Waals surface area contributed by atoms with E-state index in [1.807, 2.05) is 13.0 Å². The predicted octanol–water partition coefficient (Wildman–Crippen LogP) is 5.30. The van der Waals surface area contributed by atoms with Crippen LogP contribution in [0.3, 0.4) is 0 Å². The number of carbonyl (C=O) groups is 1. The Morgan fingerprint density at radius 1 is 1.11 bits per heavy atom. The first-order valence-electron chi connectivity index (χ1n) is 8.62. The number of amides is 1. The van der Waals surface area contributed by atoms with Gasteiger partial charge >= 0.3 is 0 Å². The highest BCUT2D eigenvalue weighted by atomic mass is 32.1. The van der Waals surface area contributed by atoms with Crippen LogP contribution < -0.4 is 5.32 Å². The summed E-state index contributed by atoms with van der Waals surface area (Å²) >= 11 is 1.42. The number of aromatic nitrogens is 1. The second-order valence-corrected chi connectivity index (χ2v) is 7.60. The smallest absolute Gasteiger partial charge is 0.269 e. The normalized spacial score (nSPS) is 11.0. The second-order valence-electron chi connectivity index (χ2n) is 6.39. The molecule has 2 aromatic carbocycles. The molecule has 0 radical (unpaired) electrons. The number of thiazole rings is 1. The third kappa shape index (κ3) is 4.50. The Balaban J connectivity index is 1.70. The zero-order valence-corrected chi connectivity index (χ0v) is 16.5. The summed E-state index contributed by atoms with van der Waals surface area (Å²) in [6.07, 6.45) is 2.98. The molecule has 0 bridgehead atoms. The first kappa shape index (κ1) is 19.4. The van der Waals surface area contributed by atoms with E-state index in [1.54, 1.807) is 18.2 Å². The summed E-state index contributed by atoms with van der Waals surface area (Å²) in [7, 11) is 0. The van der Waals surface area contributed by atoms with Gasteiger partial charge in [0.2, 0.25) is 5.91 Å². The van der Waals surface area contributed by atoms with E-state index in [4.69, 9.17) is 0 Å². The van der Waals surface area contributed by atoms with Crippen LogP contribution in [0.15, 0.2) is 48.5 Å². The fourth-order valence-electron chi connectivity index (χ4n) is 2.63. The summed E-state index contributed by atoms with van der Waals surface area (Å²) in [6.45, 7) is 6.10. The van der Waals surface area contributed by atoms with Gasteiger partial charge in [0.25, 0.3) is 5.69 Å². The Labute approximate surface area is 166 Å². The molecule has 1 heterocycles. The van der Waals surface area contributed by atoms with Crippen molar-refractivity contribution in [2.75, 3.05) is 5.32 Å². The fourth-order valence-corrected chi connectivity index (χ4v) is 3.47. The minimum Gasteiger partial charge on any atom is -0.298 e. The van der Waals surface area contributed by atoms with Crippen molar-refractivity contribution in [1.82, 2.24) is 4.98 Å². The Morgan fingerprint density at radius 2 is 1.82 bits per heavy atom. The molecule has 142 valence electrons. The van der Waals surface area contributed by atoms with Crippen molar-refractivity contribution in [1.29, 1.82) is 0 Å². The van der Waals surface area contributed by atoms with Gasteiger partial charge in [0.05, 0.1) is 10.6 Å². The van der Waals surface area contributed by atoms with E-state index in [0.29, 0.717) is 10.7 Å². The maximum absolute atomic E-state index is 12.2. The molecule has 3 rings (SSSR count). The van der Waals surface area contributed by atoms with Gasteiger partial charge in [-0.25, -0.2) is 4.98 Å². The number of carbonyl (C=O) groups excluding carboxylic acids is 1. The molecule has 0 saturated heterocycles. The lowest BCUT2D eigenvalue weighted by Crippen LogP contribution is -2.07. The molecule has 0 unspecified atom stereocenters. The van der Waals surface area contributed by atoms with E-state index >= 15 is 0 Å². The number of nitrogens with zero attached hydrogens (tertiary/aromatic N) is 2. The van der Waals surface area contributed by atoms with Crippen molar-refractivity contribution in [3.05, 3.63) is 80.2 Å². The second kappa shape index (κ2) is 8.14. The van der Waals surface area contributed by atoms with Crippen molar-refractivity contribution in [2.24, 2.45) is 0 Å². The average molecular weight is 393 g/mol. The molecular weight excluding hydrogens is 374 g/mol. The number of aryl methyl sites for hydroxylation is 3. The third-order valence-corrected chi connectivity index (χ3v) is 5.22. The van der Waals surface area contributed by atoms with Crippen LogP contribution in [0.5, 0.6) is 0 Å². The minimum atomic E-state index is -0.460. The van der Waals surface area contributed by atoms with Gasteiger partial charge in [0.15, 0.2) is 5.13 Å². The van der Waals surface area contributed by atoms with Crippen LogP contribution in [0.25, 0.3) is 17.3 Å². The lowest BCUT2D eigenvalue weighted by Gasteiger charge is -2.03. The number of anilines is 1. The number of rotatable bonds is 5. The molecule has 0 fully saturated rings. The predicted molar refractivity (Wildman–Crippen MR) is 113 cm³/mol. The van der Waals surface area contributed by atoms with E-state index in [-0.39, 0.29) is 11.6 Å². The largest absolute Gasteiger partial charge is 0.298 e. The van der Waals surface area contributed by atoms with Crippen LogP contribution in [0.4, 0.5) is 10.8 Å². The van der Waals surface area contributed by atoms with Gasteiger partial charge in [-0.3, -0.25) is 20.2 Å². The number of nitro benzene ring substituents is 1. The lowest BCUT2D eigenvalue weighted by molar-refractivity contribution is -0.384. The third-order valence-electron chi connectivity index (χ3n) is 4.34. The van der Waals surface area contributed by atoms with Crippen LogP contribution in [-0.4, -0.2) is 15.8 Å². The molecular formula is C21H19N3O3S. The topological polar surface area (TPSA) is 85.1 Å². The molecule has 7 heteroatoms. The number of benzene rings is 2. The highest BCUT2D eigenvalue weighted by Gasteiger charge is 2.12. The summed E-state index contributed by atoms with van der Waals surface area (Å²) in [4.78, 5) is 28.0. The van der Waals surface area contributed by atoms with Gasteiger partial charge in [0, 0.05) is 28.6 Å². The van der Waals surface area contributed by atoms with Crippen molar-refractivity contribution in [2.45, 2.75) is 20.8 Å². The van der Waals surface area contributed by atoms with E-state index in [2.05, 4.69) is 36.3 Å². The van der Waals surface area contributed by atoms with Crippen molar-refractivity contribution >= 4 is 34.1 Å². The lowest BCUT2D eigenvalue weighted by atomic mass is 10.0. The monoisotopic (exact) mass is 393 g/mol. The molecule has 0 aliphatic carbocycles. The van der Waals surface area contributed by atoms with Gasteiger partial charge < -0.3 is 0 Å². The Hall–Kier alpha value is -3.32. The molecule has 0 saturated carbocycles. The summed E-state index contributed by atoms with van der Waals surface area (Å²) < 4.78 is 0. The van der Waals surface area contributed by atoms with Crippen molar-refractivity contribution < 1.29 is 9.72 Å². The highest BCUT2D eigenvalue weighted by molar-refractivity contribution is 7.16. The van der Waals surface area contributed by atoms with Crippen molar-refractivity contribution in [3.63, 3.8) is 0 Å². The first-order valence-corrected chi connectivity index (χ1v) is 9.43. The molecule has 0 aliphatic rings. The minimum absolute atomic E-state index is 0.0127. The van der Waals surface area contributed by atoms with Crippen LogP contribution in [0.1, 0.15) is 21.6 Å². The molecule has 3 aromatic rings. The molecule has 0 aliphatic heterocycles. The molecule has 6 nitrogen and oxygen atoms in total. The Morgan fingerprint density at radius 3 is 2.46 bits per heavy atom. The first-order chi connectivity index (χ1) is 13.3. The zero-order valence-electron chi connectivity index (χ0n) is 15.7. The summed E-state index contributed by atoms with van der Waals surface area (Å²) in [5.74, 6) is -0.307. The van der Waals surface area contributed by atoms with Crippen LogP contribution >= 0.6 is 11.3 Å². The van der Waals surface area contributed by atoms with Crippen LogP contribution in [-0.2, 0) is 4.79 Å². The standard InChI is InChI=1S/C21H19N3O3S/c1-13-4-8-17(12-14(13)2)20-15(3)28-21(23-20)22-19(25)11-7-16-5-9-18(10-6-16)24(26)27/h4-12H,1-3H3,(H,22,23,25)/b11-7+. The van der Waals surface area contributed by atoms with E-state index in [9.17, 15) is 14.9 Å². The van der Waals surface area contributed by atoms with E-state index < -0.39 is 4.92 Å². The van der Waals surface area contributed by atoms with Gasteiger partial charge in [-0.05, 0) is 61.7 Å². The number of nitro groups is 1. The Kier molecular flexibility index (Phi) is 5.65. The maximum atomic E-state index is 12.2. The Bertz CT molecular complexity index is 1070. The molecule has 0 atom stereocenters. The van der Waals surface area contributed by atoms with E-state index in [0.717, 1.165) is 16.1 Å². The summed E-state index contributed by atoms with van der Waals surface area (Å²) in [5, 5.41) is 14.0. The SMILES string of the molecule is Cc1ccc(-c2nc(NC(=O)/C=C/c3ccc([N+](=O)[O-])cc3)sc2C)cc1C. The summed E-state index contributed by atoms with van der Waals surface area (Å²) in [5.41, 5.74) is 5.02. The molecule has 28 heavy (non-hydrogen) atoms. The molecule has 0 spiro atoms. The number of hydrogen-bond acceptors (Lipinski definition) is 5. The van der Waals surface area contributed by atoms with E-state index in [1.165, 1.54) is 40.7 Å². The number of non-ortho nitro benzene ring substituents is 1. The number of hydrogen-bond donors (Lipinski definition) is 1.